The molecule has 34 heavy (non-hydrogen) atoms. The molecule has 0 saturated carbocycles. The molecule has 0 spiro atoms. The van der Waals surface area contributed by atoms with Crippen LogP contribution in [0.3, 0.4) is 0 Å². The molecule has 0 N–H and O–H groups in total. The number of hydrogen-bond donors (Lipinski definition) is 0. The van der Waals surface area contributed by atoms with E-state index in [0.29, 0.717) is 28.2 Å². The fraction of sp³-hybridized carbons (Fsp3) is 0.120. The van der Waals surface area contributed by atoms with Crippen LogP contribution in [-0.2, 0) is 17.9 Å². The summed E-state index contributed by atoms with van der Waals surface area (Å²) >= 11 is 6.83. The molecule has 3 aromatic rings. The van der Waals surface area contributed by atoms with Crippen molar-refractivity contribution in [1.29, 1.82) is 0 Å². The maximum Gasteiger partial charge on any atom is 0.293 e. The molecule has 0 radical (unpaired) electrons. The third-order valence-corrected chi connectivity index (χ3v) is 6.30. The van der Waals surface area contributed by atoms with Crippen molar-refractivity contribution >= 4 is 40.6 Å². The normalized spacial score (nSPS) is 14.7. The zero-order valence-electron chi connectivity index (χ0n) is 17.9. The van der Waals surface area contributed by atoms with Gasteiger partial charge in [-0.25, -0.2) is 8.78 Å². The summed E-state index contributed by atoms with van der Waals surface area (Å²) in [7, 11) is 1.47. The summed E-state index contributed by atoms with van der Waals surface area (Å²) in [4.78, 5) is 26.5. The number of nitrogens with zero attached hydrogens (tertiary/aromatic N) is 1. The van der Waals surface area contributed by atoms with Gasteiger partial charge in [0.1, 0.15) is 18.2 Å². The molecule has 1 saturated heterocycles. The van der Waals surface area contributed by atoms with Crippen LogP contribution in [0.25, 0.3) is 6.08 Å². The minimum Gasteiger partial charge on any atom is -0.493 e. The maximum atomic E-state index is 13.8. The van der Waals surface area contributed by atoms with Crippen LogP contribution in [0.1, 0.15) is 16.7 Å². The zero-order valence-corrected chi connectivity index (χ0v) is 19.5. The van der Waals surface area contributed by atoms with Crippen molar-refractivity contribution < 1.29 is 27.8 Å². The van der Waals surface area contributed by atoms with Gasteiger partial charge in [-0.3, -0.25) is 14.5 Å². The molecule has 1 heterocycles. The van der Waals surface area contributed by atoms with Crippen molar-refractivity contribution in [2.45, 2.75) is 13.2 Å². The quantitative estimate of drug-likeness (QED) is 0.349. The second-order valence-electron chi connectivity index (χ2n) is 7.29. The third kappa shape index (κ3) is 5.24. The molecule has 1 aliphatic heterocycles. The van der Waals surface area contributed by atoms with Crippen LogP contribution in [0, 0.1) is 11.6 Å². The molecule has 0 aromatic heterocycles. The van der Waals surface area contributed by atoms with E-state index in [9.17, 15) is 18.4 Å². The first-order chi connectivity index (χ1) is 16.4. The molecule has 5 nitrogen and oxygen atoms in total. The number of hydrogen-bond acceptors (Lipinski definition) is 5. The fourth-order valence-electron chi connectivity index (χ4n) is 3.27. The van der Waals surface area contributed by atoms with Crippen molar-refractivity contribution in [1.82, 2.24) is 4.90 Å². The second kappa shape index (κ2) is 10.3. The summed E-state index contributed by atoms with van der Waals surface area (Å²) in [5.41, 5.74) is 1.48. The Kier molecular flexibility index (Phi) is 7.19. The van der Waals surface area contributed by atoms with Gasteiger partial charge in [-0.2, -0.15) is 0 Å². The fourth-order valence-corrected chi connectivity index (χ4v) is 4.34. The molecule has 2 amide bonds. The van der Waals surface area contributed by atoms with Crippen molar-refractivity contribution in [2.75, 3.05) is 7.11 Å². The molecule has 3 aromatic carbocycles. The Hall–Kier alpha value is -3.36. The number of ether oxygens (including phenoxy) is 2. The Balaban J connectivity index is 1.50. The lowest BCUT2D eigenvalue weighted by Crippen LogP contribution is -2.27. The summed E-state index contributed by atoms with van der Waals surface area (Å²) < 4.78 is 38.2. The topological polar surface area (TPSA) is 55.8 Å². The highest BCUT2D eigenvalue weighted by Crippen LogP contribution is 2.36. The van der Waals surface area contributed by atoms with E-state index in [1.165, 1.54) is 25.3 Å². The number of rotatable bonds is 7. The van der Waals surface area contributed by atoms with Crippen molar-refractivity contribution in [3.63, 3.8) is 0 Å². The molecular formula is C25H18ClF2NO4S. The molecular weight excluding hydrogens is 484 g/mol. The smallest absolute Gasteiger partial charge is 0.293 e. The molecule has 4 rings (SSSR count). The van der Waals surface area contributed by atoms with Gasteiger partial charge in [0.15, 0.2) is 11.5 Å². The molecule has 9 heteroatoms. The van der Waals surface area contributed by atoms with Crippen LogP contribution in [-0.4, -0.2) is 23.2 Å². The lowest BCUT2D eigenvalue weighted by Gasteiger charge is -2.13. The Morgan fingerprint density at radius 1 is 1.00 bits per heavy atom. The molecule has 1 fully saturated rings. The monoisotopic (exact) mass is 501 g/mol. The summed E-state index contributed by atoms with van der Waals surface area (Å²) in [6.07, 6.45) is 1.57. The molecule has 174 valence electrons. The number of amides is 2. The van der Waals surface area contributed by atoms with E-state index in [2.05, 4.69) is 0 Å². The summed E-state index contributed by atoms with van der Waals surface area (Å²) in [5.74, 6) is -0.549. The Labute approximate surface area is 203 Å². The molecule has 1 aliphatic rings. The largest absolute Gasteiger partial charge is 0.493 e. The van der Waals surface area contributed by atoms with E-state index in [0.717, 1.165) is 22.7 Å². The van der Waals surface area contributed by atoms with Crippen LogP contribution in [0.2, 0.25) is 5.02 Å². The predicted molar refractivity (Wildman–Crippen MR) is 127 cm³/mol. The molecule has 0 aliphatic carbocycles. The summed E-state index contributed by atoms with van der Waals surface area (Å²) in [6, 6.07) is 15.1. The number of thioether (sulfide) groups is 1. The minimum absolute atomic E-state index is 0.0210. The lowest BCUT2D eigenvalue weighted by molar-refractivity contribution is -0.123. The summed E-state index contributed by atoms with van der Waals surface area (Å²) in [5, 5.41) is -0.313. The van der Waals surface area contributed by atoms with Crippen molar-refractivity contribution in [3.05, 3.63) is 98.9 Å². The van der Waals surface area contributed by atoms with E-state index >= 15 is 0 Å². The molecule has 0 bridgehead atoms. The number of benzene rings is 3. The minimum atomic E-state index is -0.502. The highest BCUT2D eigenvalue weighted by atomic mass is 35.5. The van der Waals surface area contributed by atoms with Crippen LogP contribution in [0.4, 0.5) is 13.6 Å². The van der Waals surface area contributed by atoms with Gasteiger partial charge in [0, 0.05) is 10.6 Å². The van der Waals surface area contributed by atoms with Crippen molar-refractivity contribution in [2.24, 2.45) is 0 Å². The second-order valence-corrected chi connectivity index (χ2v) is 8.69. The number of methoxy groups -OCH3 is 1. The van der Waals surface area contributed by atoms with Gasteiger partial charge in [-0.15, -0.1) is 0 Å². The van der Waals surface area contributed by atoms with Crippen molar-refractivity contribution in [3.8, 4) is 11.5 Å². The van der Waals surface area contributed by atoms with E-state index in [1.54, 1.807) is 42.5 Å². The van der Waals surface area contributed by atoms with Gasteiger partial charge in [0.25, 0.3) is 11.1 Å². The Morgan fingerprint density at radius 2 is 1.79 bits per heavy atom. The highest BCUT2D eigenvalue weighted by Gasteiger charge is 2.35. The van der Waals surface area contributed by atoms with Crippen LogP contribution in [0.5, 0.6) is 11.5 Å². The third-order valence-electron chi connectivity index (χ3n) is 5.04. The predicted octanol–water partition coefficient (Wildman–Crippen LogP) is 6.44. The first kappa shape index (κ1) is 23.8. The Morgan fingerprint density at radius 3 is 2.53 bits per heavy atom. The first-order valence-electron chi connectivity index (χ1n) is 10.1. The number of halogens is 3. The van der Waals surface area contributed by atoms with Gasteiger partial charge in [0.2, 0.25) is 0 Å². The summed E-state index contributed by atoms with van der Waals surface area (Å²) in [6.45, 7) is -0.0412. The van der Waals surface area contributed by atoms with E-state index in [4.69, 9.17) is 21.1 Å². The van der Waals surface area contributed by atoms with E-state index < -0.39 is 17.0 Å². The van der Waals surface area contributed by atoms with Crippen LogP contribution in [0.15, 0.2) is 65.6 Å². The SMILES string of the molecule is COc1cc(/C=C2\SC(=O)N(Cc3ccc(F)cc3Cl)C2=O)ccc1OCc1ccccc1F. The van der Waals surface area contributed by atoms with Gasteiger partial charge in [0.05, 0.1) is 18.6 Å². The van der Waals surface area contributed by atoms with E-state index in [1.807, 2.05) is 0 Å². The average Bonchev–Trinajstić information content (AvgIpc) is 3.08. The lowest BCUT2D eigenvalue weighted by atomic mass is 10.1. The maximum absolute atomic E-state index is 13.8. The van der Waals surface area contributed by atoms with Gasteiger partial charge in [-0.1, -0.05) is 41.9 Å². The zero-order chi connectivity index (χ0) is 24.2. The number of carbonyl (C=O) groups is 2. The van der Waals surface area contributed by atoms with Gasteiger partial charge < -0.3 is 9.47 Å². The Bertz CT molecular complexity index is 1300. The molecule has 0 atom stereocenters. The van der Waals surface area contributed by atoms with Crippen LogP contribution < -0.4 is 9.47 Å². The standard InChI is InChI=1S/C25H18ClF2NO4S/c1-32-22-10-15(6-9-21(22)33-14-17-4-2-3-5-20(17)28)11-23-24(30)29(25(31)34-23)13-16-7-8-18(27)12-19(16)26/h2-12H,13-14H2,1H3/b23-11-. The number of imide groups is 1. The highest BCUT2D eigenvalue weighted by molar-refractivity contribution is 8.18. The van der Waals surface area contributed by atoms with E-state index in [-0.39, 0.29) is 28.9 Å². The van der Waals surface area contributed by atoms with Crippen LogP contribution >= 0.6 is 23.4 Å². The number of carbonyl (C=O) groups excluding carboxylic acids is 2. The van der Waals surface area contributed by atoms with Gasteiger partial charge >= 0.3 is 0 Å². The average molecular weight is 502 g/mol. The molecule has 0 unspecified atom stereocenters. The van der Waals surface area contributed by atoms with Gasteiger partial charge in [-0.05, 0) is 59.3 Å². The first-order valence-corrected chi connectivity index (χ1v) is 11.3.